The van der Waals surface area contributed by atoms with E-state index in [-0.39, 0.29) is 11.7 Å². The molecule has 0 unspecified atom stereocenters. The number of aromatic nitrogens is 2. The lowest BCUT2D eigenvalue weighted by Gasteiger charge is -2.15. The van der Waals surface area contributed by atoms with Crippen LogP contribution in [0.15, 0.2) is 41.2 Å². The van der Waals surface area contributed by atoms with Gasteiger partial charge in [0.15, 0.2) is 0 Å². The van der Waals surface area contributed by atoms with E-state index in [4.69, 9.17) is 11.6 Å². The second-order valence-electron chi connectivity index (χ2n) is 5.94. The molecule has 0 saturated heterocycles. The Morgan fingerprint density at radius 1 is 1.29 bits per heavy atom. The minimum absolute atomic E-state index is 0.232. The van der Waals surface area contributed by atoms with E-state index in [1.165, 1.54) is 10.6 Å². The fraction of sp³-hybridized carbons (Fsp3) is 0.222. The molecule has 0 amide bonds. The third-order valence-corrected chi connectivity index (χ3v) is 4.68. The molecule has 24 heavy (non-hydrogen) atoms. The molecule has 122 valence electrons. The quantitative estimate of drug-likeness (QED) is 0.779. The van der Waals surface area contributed by atoms with E-state index in [1.54, 1.807) is 37.4 Å². The van der Waals surface area contributed by atoms with Crippen molar-refractivity contribution in [1.82, 2.24) is 9.55 Å². The molecule has 4 nitrogen and oxygen atoms in total. The van der Waals surface area contributed by atoms with Gasteiger partial charge in [0.1, 0.15) is 11.6 Å². The van der Waals surface area contributed by atoms with Gasteiger partial charge in [-0.25, -0.2) is 9.18 Å². The SMILES string of the molecule is CNc1nc(=O)n(-c2ccccc2Cl)c2cc(C3CC3)c(F)cc12. The Hall–Kier alpha value is -2.40. The van der Waals surface area contributed by atoms with Crippen LogP contribution in [0.3, 0.4) is 0 Å². The highest BCUT2D eigenvalue weighted by atomic mass is 35.5. The summed E-state index contributed by atoms with van der Waals surface area (Å²) in [6.07, 6.45) is 1.95. The van der Waals surface area contributed by atoms with Crippen molar-refractivity contribution in [2.24, 2.45) is 0 Å². The van der Waals surface area contributed by atoms with Crippen LogP contribution in [-0.4, -0.2) is 16.6 Å². The molecular weight excluding hydrogens is 329 g/mol. The van der Waals surface area contributed by atoms with Gasteiger partial charge in [-0.1, -0.05) is 23.7 Å². The molecule has 0 atom stereocenters. The van der Waals surface area contributed by atoms with Crippen molar-refractivity contribution in [3.05, 3.63) is 63.3 Å². The number of rotatable bonds is 3. The van der Waals surface area contributed by atoms with Gasteiger partial charge in [-0.05, 0) is 48.6 Å². The fourth-order valence-electron chi connectivity index (χ4n) is 3.03. The second-order valence-corrected chi connectivity index (χ2v) is 6.35. The number of nitrogens with one attached hydrogen (secondary N) is 1. The van der Waals surface area contributed by atoms with Crippen LogP contribution in [0, 0.1) is 5.82 Å². The molecule has 1 N–H and O–H groups in total. The molecule has 1 aliphatic carbocycles. The molecule has 1 aliphatic rings. The molecular formula is C18H15ClFN3O. The molecule has 0 radical (unpaired) electrons. The third kappa shape index (κ3) is 2.36. The zero-order valence-electron chi connectivity index (χ0n) is 13.0. The van der Waals surface area contributed by atoms with Crippen molar-refractivity contribution in [3.8, 4) is 5.69 Å². The maximum Gasteiger partial charge on any atom is 0.354 e. The van der Waals surface area contributed by atoms with E-state index in [0.29, 0.717) is 33.0 Å². The number of nitrogens with zero attached hydrogens (tertiary/aromatic N) is 2. The van der Waals surface area contributed by atoms with Gasteiger partial charge in [-0.15, -0.1) is 0 Å². The van der Waals surface area contributed by atoms with Crippen LogP contribution in [0.2, 0.25) is 5.02 Å². The summed E-state index contributed by atoms with van der Waals surface area (Å²) in [5.74, 6) is 0.336. The smallest absolute Gasteiger partial charge is 0.354 e. The second kappa shape index (κ2) is 5.60. The molecule has 1 saturated carbocycles. The number of halogens is 2. The number of benzene rings is 2. The summed E-state index contributed by atoms with van der Waals surface area (Å²) in [4.78, 5) is 16.6. The first-order valence-corrected chi connectivity index (χ1v) is 8.17. The van der Waals surface area contributed by atoms with Gasteiger partial charge < -0.3 is 5.32 Å². The maximum atomic E-state index is 14.5. The lowest BCUT2D eigenvalue weighted by atomic mass is 10.1. The van der Waals surface area contributed by atoms with E-state index in [0.717, 1.165) is 12.8 Å². The summed E-state index contributed by atoms with van der Waals surface area (Å²) in [5.41, 5.74) is 1.35. The summed E-state index contributed by atoms with van der Waals surface area (Å²) in [5, 5.41) is 3.87. The first kappa shape index (κ1) is 15.1. The zero-order chi connectivity index (χ0) is 16.8. The Labute approximate surface area is 142 Å². The monoisotopic (exact) mass is 343 g/mol. The van der Waals surface area contributed by atoms with Gasteiger partial charge in [0.2, 0.25) is 0 Å². The van der Waals surface area contributed by atoms with Crippen LogP contribution in [0.1, 0.15) is 24.3 Å². The summed E-state index contributed by atoms with van der Waals surface area (Å²) in [7, 11) is 1.66. The topological polar surface area (TPSA) is 46.9 Å². The third-order valence-electron chi connectivity index (χ3n) is 4.36. The number of hydrogen-bond acceptors (Lipinski definition) is 3. The van der Waals surface area contributed by atoms with Crippen LogP contribution in [0.5, 0.6) is 0 Å². The van der Waals surface area contributed by atoms with Crippen molar-refractivity contribution < 1.29 is 4.39 Å². The fourth-order valence-corrected chi connectivity index (χ4v) is 3.25. The van der Waals surface area contributed by atoms with Crippen LogP contribution in [-0.2, 0) is 0 Å². The molecule has 3 aromatic rings. The van der Waals surface area contributed by atoms with E-state index < -0.39 is 5.69 Å². The molecule has 1 heterocycles. The van der Waals surface area contributed by atoms with Crippen LogP contribution in [0.25, 0.3) is 16.6 Å². The Balaban J connectivity index is 2.12. The van der Waals surface area contributed by atoms with Crippen LogP contribution >= 0.6 is 11.6 Å². The normalized spacial score (nSPS) is 14.1. The molecule has 0 aliphatic heterocycles. The largest absolute Gasteiger partial charge is 0.372 e. The van der Waals surface area contributed by atoms with Crippen LogP contribution < -0.4 is 11.0 Å². The van der Waals surface area contributed by atoms with Gasteiger partial charge >= 0.3 is 5.69 Å². The molecule has 0 bridgehead atoms. The molecule has 0 spiro atoms. The predicted octanol–water partition coefficient (Wildman–Crippen LogP) is 4.10. The van der Waals surface area contributed by atoms with Crippen molar-refractivity contribution in [2.45, 2.75) is 18.8 Å². The minimum Gasteiger partial charge on any atom is -0.372 e. The summed E-state index contributed by atoms with van der Waals surface area (Å²) in [6, 6.07) is 10.3. The highest BCUT2D eigenvalue weighted by molar-refractivity contribution is 6.32. The molecule has 2 aromatic carbocycles. The van der Waals surface area contributed by atoms with Crippen molar-refractivity contribution in [1.29, 1.82) is 0 Å². The van der Waals surface area contributed by atoms with Gasteiger partial charge in [-0.2, -0.15) is 4.98 Å². The first-order valence-electron chi connectivity index (χ1n) is 7.79. The Bertz CT molecular complexity index is 1010. The zero-order valence-corrected chi connectivity index (χ0v) is 13.8. The summed E-state index contributed by atoms with van der Waals surface area (Å²) >= 11 is 6.27. The lowest BCUT2D eigenvalue weighted by Crippen LogP contribution is -2.23. The maximum absolute atomic E-state index is 14.5. The Morgan fingerprint density at radius 3 is 2.71 bits per heavy atom. The Kier molecular flexibility index (Phi) is 3.53. The Morgan fingerprint density at radius 2 is 2.04 bits per heavy atom. The molecule has 4 rings (SSSR count). The number of anilines is 1. The van der Waals surface area contributed by atoms with E-state index in [2.05, 4.69) is 10.3 Å². The summed E-state index contributed by atoms with van der Waals surface area (Å²) < 4.78 is 15.9. The van der Waals surface area contributed by atoms with Gasteiger partial charge in [-0.3, -0.25) is 4.57 Å². The van der Waals surface area contributed by atoms with E-state index in [1.807, 2.05) is 0 Å². The predicted molar refractivity (Wildman–Crippen MR) is 93.8 cm³/mol. The van der Waals surface area contributed by atoms with Gasteiger partial charge in [0, 0.05) is 12.4 Å². The highest BCUT2D eigenvalue weighted by Gasteiger charge is 2.28. The number of para-hydroxylation sites is 1. The average Bonchev–Trinajstić information content (AvgIpc) is 3.40. The molecule has 1 fully saturated rings. The number of hydrogen-bond donors (Lipinski definition) is 1. The minimum atomic E-state index is -0.451. The van der Waals surface area contributed by atoms with Crippen LogP contribution in [0.4, 0.5) is 10.2 Å². The first-order chi connectivity index (χ1) is 11.6. The lowest BCUT2D eigenvalue weighted by molar-refractivity contribution is 0.612. The van der Waals surface area contributed by atoms with Gasteiger partial charge in [0.25, 0.3) is 0 Å². The van der Waals surface area contributed by atoms with E-state index in [9.17, 15) is 9.18 Å². The van der Waals surface area contributed by atoms with Crippen molar-refractivity contribution >= 4 is 28.3 Å². The van der Waals surface area contributed by atoms with Crippen molar-refractivity contribution in [2.75, 3.05) is 12.4 Å². The molecule has 1 aromatic heterocycles. The highest BCUT2D eigenvalue weighted by Crippen LogP contribution is 2.42. The van der Waals surface area contributed by atoms with Crippen molar-refractivity contribution in [3.63, 3.8) is 0 Å². The molecule has 6 heteroatoms. The van der Waals surface area contributed by atoms with E-state index >= 15 is 0 Å². The summed E-state index contributed by atoms with van der Waals surface area (Å²) in [6.45, 7) is 0. The average molecular weight is 344 g/mol. The van der Waals surface area contributed by atoms with Gasteiger partial charge in [0.05, 0.1) is 16.2 Å². The standard InChI is InChI=1S/C18H15ClFN3O/c1-21-17-12-8-14(20)11(10-6-7-10)9-16(12)23(18(24)22-17)15-5-3-2-4-13(15)19/h2-5,8-10H,6-7H2,1H3,(H,21,22,24). The number of fused-ring (bicyclic) bond motifs is 1.